The third-order valence-corrected chi connectivity index (χ3v) is 6.78. The zero-order valence-corrected chi connectivity index (χ0v) is 16.7. The van der Waals surface area contributed by atoms with Gasteiger partial charge in [-0.3, -0.25) is 9.59 Å². The van der Waals surface area contributed by atoms with Crippen molar-refractivity contribution in [1.82, 2.24) is 9.80 Å². The zero-order valence-electron chi connectivity index (χ0n) is 15.1. The Labute approximate surface area is 168 Å². The standard InChI is InChI=1S/C21H23ClN2O2S/c22-17-9-7-15(8-10-17)20(25)23-11-1-4-16(14-23)21(26)24-12-2-5-18(24)19-6-3-13-27-19/h3,6-10,13,16,18H,1-2,4-5,11-12,14H2. The molecule has 6 heteroatoms. The summed E-state index contributed by atoms with van der Waals surface area (Å²) in [6.45, 7) is 2.04. The van der Waals surface area contributed by atoms with Crippen molar-refractivity contribution >= 4 is 34.8 Å². The Kier molecular flexibility index (Phi) is 5.50. The van der Waals surface area contributed by atoms with Crippen LogP contribution in [0.5, 0.6) is 0 Å². The summed E-state index contributed by atoms with van der Waals surface area (Å²) in [6, 6.07) is 11.4. The van der Waals surface area contributed by atoms with Crippen molar-refractivity contribution in [1.29, 1.82) is 0 Å². The van der Waals surface area contributed by atoms with Crippen LogP contribution in [0.25, 0.3) is 0 Å². The van der Waals surface area contributed by atoms with E-state index in [2.05, 4.69) is 11.4 Å². The first-order valence-corrected chi connectivity index (χ1v) is 10.8. The summed E-state index contributed by atoms with van der Waals surface area (Å²) in [6.07, 6.45) is 3.81. The minimum absolute atomic E-state index is 0.0135. The van der Waals surface area contributed by atoms with E-state index in [1.54, 1.807) is 35.6 Å². The Morgan fingerprint density at radius 3 is 2.56 bits per heavy atom. The van der Waals surface area contributed by atoms with Gasteiger partial charge in [-0.05, 0) is 61.4 Å². The number of carbonyl (C=O) groups is 2. The Morgan fingerprint density at radius 2 is 1.81 bits per heavy atom. The van der Waals surface area contributed by atoms with Crippen LogP contribution < -0.4 is 0 Å². The molecule has 2 fully saturated rings. The molecule has 0 N–H and O–H groups in total. The zero-order chi connectivity index (χ0) is 18.8. The van der Waals surface area contributed by atoms with Crippen LogP contribution in [-0.4, -0.2) is 41.2 Å². The molecule has 2 atom stereocenters. The highest BCUT2D eigenvalue weighted by molar-refractivity contribution is 7.10. The van der Waals surface area contributed by atoms with Crippen LogP contribution in [0.2, 0.25) is 5.02 Å². The average Bonchev–Trinajstić information content (AvgIpc) is 3.39. The second-order valence-corrected chi connectivity index (χ2v) is 8.72. The van der Waals surface area contributed by atoms with Gasteiger partial charge in [0.25, 0.3) is 5.91 Å². The molecule has 3 heterocycles. The molecule has 0 bridgehead atoms. The van der Waals surface area contributed by atoms with Gasteiger partial charge < -0.3 is 9.80 Å². The fourth-order valence-corrected chi connectivity index (χ4v) is 5.18. The molecule has 0 aliphatic carbocycles. The van der Waals surface area contributed by atoms with Gasteiger partial charge in [0.15, 0.2) is 0 Å². The van der Waals surface area contributed by atoms with E-state index < -0.39 is 0 Å². The number of carbonyl (C=O) groups excluding carboxylic acids is 2. The Hall–Kier alpha value is -1.85. The molecule has 2 amide bonds. The van der Waals surface area contributed by atoms with E-state index in [1.165, 1.54) is 4.88 Å². The molecule has 2 aliphatic rings. The van der Waals surface area contributed by atoms with Crippen molar-refractivity contribution in [2.45, 2.75) is 31.7 Å². The van der Waals surface area contributed by atoms with Crippen LogP contribution >= 0.6 is 22.9 Å². The van der Waals surface area contributed by atoms with E-state index in [0.29, 0.717) is 23.7 Å². The predicted molar refractivity (Wildman–Crippen MR) is 108 cm³/mol. The molecule has 1 aromatic carbocycles. The number of hydrogen-bond donors (Lipinski definition) is 0. The first-order chi connectivity index (χ1) is 13.1. The first-order valence-electron chi connectivity index (χ1n) is 9.52. The number of halogens is 1. The van der Waals surface area contributed by atoms with Crippen LogP contribution in [-0.2, 0) is 4.79 Å². The van der Waals surface area contributed by atoms with E-state index in [-0.39, 0.29) is 23.8 Å². The van der Waals surface area contributed by atoms with Gasteiger partial charge in [-0.1, -0.05) is 17.7 Å². The van der Waals surface area contributed by atoms with E-state index >= 15 is 0 Å². The predicted octanol–water partition coefficient (Wildman–Crippen LogP) is 4.62. The van der Waals surface area contributed by atoms with Crippen molar-refractivity contribution in [3.63, 3.8) is 0 Å². The normalized spacial score (nSPS) is 22.9. The number of thiophene rings is 1. The first kappa shape index (κ1) is 18.5. The molecule has 1 aromatic heterocycles. The highest BCUT2D eigenvalue weighted by Gasteiger charge is 2.37. The molecular formula is C21H23ClN2O2S. The number of amides is 2. The fraction of sp³-hybridized carbons (Fsp3) is 0.429. The SMILES string of the molecule is O=C(c1ccc(Cl)cc1)N1CCCC(C(=O)N2CCCC2c2cccs2)C1. The van der Waals surface area contributed by atoms with E-state index in [1.807, 2.05) is 15.9 Å². The largest absolute Gasteiger partial charge is 0.338 e. The van der Waals surface area contributed by atoms with Gasteiger partial charge in [-0.25, -0.2) is 0 Å². The van der Waals surface area contributed by atoms with Crippen LogP contribution in [0.1, 0.15) is 47.0 Å². The summed E-state index contributed by atoms with van der Waals surface area (Å²) in [7, 11) is 0. The van der Waals surface area contributed by atoms with Crippen molar-refractivity contribution in [2.24, 2.45) is 5.92 Å². The molecule has 0 spiro atoms. The molecule has 27 heavy (non-hydrogen) atoms. The van der Waals surface area contributed by atoms with Gasteiger partial charge in [0, 0.05) is 35.1 Å². The maximum Gasteiger partial charge on any atom is 0.253 e. The quantitative estimate of drug-likeness (QED) is 0.751. The molecule has 142 valence electrons. The van der Waals surface area contributed by atoms with Crippen molar-refractivity contribution < 1.29 is 9.59 Å². The number of piperidine rings is 1. The Bertz CT molecular complexity index is 806. The Balaban J connectivity index is 1.45. The minimum atomic E-state index is -0.101. The highest BCUT2D eigenvalue weighted by atomic mass is 35.5. The average molecular weight is 403 g/mol. The summed E-state index contributed by atoms with van der Waals surface area (Å²) in [5.74, 6) is 0.0930. The van der Waals surface area contributed by atoms with Gasteiger partial charge in [0.1, 0.15) is 0 Å². The number of likely N-dealkylation sites (tertiary alicyclic amines) is 2. The number of hydrogen-bond acceptors (Lipinski definition) is 3. The molecule has 2 aliphatic heterocycles. The van der Waals surface area contributed by atoms with E-state index in [0.717, 1.165) is 32.2 Å². The lowest BCUT2D eigenvalue weighted by Crippen LogP contribution is -2.46. The van der Waals surface area contributed by atoms with Gasteiger partial charge >= 0.3 is 0 Å². The molecule has 0 radical (unpaired) electrons. The van der Waals surface area contributed by atoms with Crippen LogP contribution in [0.3, 0.4) is 0 Å². The third kappa shape index (κ3) is 3.90. The van der Waals surface area contributed by atoms with Gasteiger partial charge in [-0.15, -0.1) is 11.3 Å². The number of rotatable bonds is 3. The summed E-state index contributed by atoms with van der Waals surface area (Å²) in [4.78, 5) is 31.2. The van der Waals surface area contributed by atoms with Gasteiger partial charge in [-0.2, -0.15) is 0 Å². The van der Waals surface area contributed by atoms with Crippen molar-refractivity contribution in [3.05, 3.63) is 57.2 Å². The lowest BCUT2D eigenvalue weighted by molar-refractivity contribution is -0.137. The molecular weight excluding hydrogens is 380 g/mol. The third-order valence-electron chi connectivity index (χ3n) is 5.56. The molecule has 2 unspecified atom stereocenters. The minimum Gasteiger partial charge on any atom is -0.338 e. The molecule has 4 nitrogen and oxygen atoms in total. The summed E-state index contributed by atoms with van der Waals surface area (Å²) >= 11 is 7.64. The monoisotopic (exact) mass is 402 g/mol. The smallest absolute Gasteiger partial charge is 0.253 e. The summed E-state index contributed by atoms with van der Waals surface area (Å²) in [5.41, 5.74) is 0.630. The van der Waals surface area contributed by atoms with Crippen LogP contribution in [0, 0.1) is 5.92 Å². The second-order valence-electron chi connectivity index (χ2n) is 7.30. The maximum atomic E-state index is 13.2. The van der Waals surface area contributed by atoms with E-state index in [9.17, 15) is 9.59 Å². The van der Waals surface area contributed by atoms with Gasteiger partial charge in [0.05, 0.1) is 12.0 Å². The highest BCUT2D eigenvalue weighted by Crippen LogP contribution is 2.36. The van der Waals surface area contributed by atoms with Crippen LogP contribution in [0.15, 0.2) is 41.8 Å². The molecule has 2 saturated heterocycles. The number of nitrogens with zero attached hydrogens (tertiary/aromatic N) is 2. The van der Waals surface area contributed by atoms with Crippen molar-refractivity contribution in [2.75, 3.05) is 19.6 Å². The summed E-state index contributed by atoms with van der Waals surface area (Å²) in [5, 5.41) is 2.69. The Morgan fingerprint density at radius 1 is 1.04 bits per heavy atom. The summed E-state index contributed by atoms with van der Waals surface area (Å²) < 4.78 is 0. The fourth-order valence-electron chi connectivity index (χ4n) is 4.18. The topological polar surface area (TPSA) is 40.6 Å². The van der Waals surface area contributed by atoms with E-state index in [4.69, 9.17) is 11.6 Å². The molecule has 0 saturated carbocycles. The van der Waals surface area contributed by atoms with Crippen LogP contribution in [0.4, 0.5) is 0 Å². The molecule has 4 rings (SSSR count). The second kappa shape index (κ2) is 8.03. The molecule has 2 aromatic rings. The lowest BCUT2D eigenvalue weighted by atomic mass is 9.95. The maximum absolute atomic E-state index is 13.2. The van der Waals surface area contributed by atoms with Gasteiger partial charge in [0.2, 0.25) is 5.91 Å². The number of benzene rings is 1. The van der Waals surface area contributed by atoms with Crippen molar-refractivity contribution in [3.8, 4) is 0 Å². The lowest BCUT2D eigenvalue weighted by Gasteiger charge is -2.35.